The van der Waals surface area contributed by atoms with Gasteiger partial charge in [0, 0.05) is 23.7 Å². The van der Waals surface area contributed by atoms with Gasteiger partial charge >= 0.3 is 0 Å². The SMILES string of the molecule is Cc1n[nH]c(C)c1S(=O)(=O)NCc1cncnc1C(C)(C)C. The van der Waals surface area contributed by atoms with Crippen LogP contribution in [0.5, 0.6) is 0 Å². The highest BCUT2D eigenvalue weighted by molar-refractivity contribution is 7.89. The van der Waals surface area contributed by atoms with Crippen molar-refractivity contribution >= 4 is 10.0 Å². The lowest BCUT2D eigenvalue weighted by atomic mass is 9.89. The van der Waals surface area contributed by atoms with Crippen LogP contribution in [0.4, 0.5) is 0 Å². The summed E-state index contributed by atoms with van der Waals surface area (Å²) in [6.07, 6.45) is 3.12. The maximum atomic E-state index is 12.5. The van der Waals surface area contributed by atoms with Crippen molar-refractivity contribution in [2.75, 3.05) is 0 Å². The lowest BCUT2D eigenvalue weighted by molar-refractivity contribution is 0.551. The van der Waals surface area contributed by atoms with Gasteiger partial charge in [-0.05, 0) is 13.8 Å². The highest BCUT2D eigenvalue weighted by Crippen LogP contribution is 2.23. The zero-order valence-electron chi connectivity index (χ0n) is 13.4. The quantitative estimate of drug-likeness (QED) is 0.890. The maximum Gasteiger partial charge on any atom is 0.244 e. The van der Waals surface area contributed by atoms with Gasteiger partial charge < -0.3 is 0 Å². The Kier molecular flexibility index (Phi) is 4.35. The van der Waals surface area contributed by atoms with Crippen molar-refractivity contribution in [1.82, 2.24) is 24.9 Å². The number of hydrogen-bond acceptors (Lipinski definition) is 5. The van der Waals surface area contributed by atoms with Crippen LogP contribution in [0.3, 0.4) is 0 Å². The van der Waals surface area contributed by atoms with Gasteiger partial charge in [0.25, 0.3) is 0 Å². The van der Waals surface area contributed by atoms with Gasteiger partial charge in [-0.3, -0.25) is 5.10 Å². The van der Waals surface area contributed by atoms with Gasteiger partial charge in [0.1, 0.15) is 11.2 Å². The van der Waals surface area contributed by atoms with Gasteiger partial charge in [-0.25, -0.2) is 23.1 Å². The van der Waals surface area contributed by atoms with Crippen LogP contribution in [0.15, 0.2) is 17.4 Å². The number of sulfonamides is 1. The first kappa shape index (κ1) is 16.6. The summed E-state index contributed by atoms with van der Waals surface area (Å²) in [6, 6.07) is 0. The Balaban J connectivity index is 2.28. The lowest BCUT2D eigenvalue weighted by Gasteiger charge is -2.21. The topological polar surface area (TPSA) is 101 Å². The number of nitrogens with one attached hydrogen (secondary N) is 2. The van der Waals surface area contributed by atoms with Gasteiger partial charge in [0.05, 0.1) is 17.1 Å². The molecule has 0 saturated heterocycles. The van der Waals surface area contributed by atoms with Crippen LogP contribution < -0.4 is 4.72 Å². The molecule has 0 fully saturated rings. The Morgan fingerprint density at radius 3 is 2.50 bits per heavy atom. The van der Waals surface area contributed by atoms with E-state index in [9.17, 15) is 8.42 Å². The molecule has 2 N–H and O–H groups in total. The molecule has 22 heavy (non-hydrogen) atoms. The molecule has 0 aliphatic heterocycles. The minimum atomic E-state index is -3.64. The first-order valence-corrected chi connectivity index (χ1v) is 8.42. The summed E-state index contributed by atoms with van der Waals surface area (Å²) in [5, 5.41) is 6.61. The van der Waals surface area contributed by atoms with E-state index in [0.29, 0.717) is 11.4 Å². The Labute approximate surface area is 130 Å². The smallest absolute Gasteiger partial charge is 0.244 e. The van der Waals surface area contributed by atoms with Crippen LogP contribution in [-0.2, 0) is 22.0 Å². The molecule has 0 radical (unpaired) electrons. The van der Waals surface area contributed by atoms with Crippen LogP contribution in [0.25, 0.3) is 0 Å². The van der Waals surface area contributed by atoms with E-state index in [1.807, 2.05) is 20.8 Å². The summed E-state index contributed by atoms with van der Waals surface area (Å²) in [6.45, 7) is 9.55. The zero-order valence-corrected chi connectivity index (χ0v) is 14.2. The predicted molar refractivity (Wildman–Crippen MR) is 82.8 cm³/mol. The molecule has 0 bridgehead atoms. The van der Waals surface area contributed by atoms with Crippen molar-refractivity contribution in [1.29, 1.82) is 0 Å². The zero-order chi connectivity index (χ0) is 16.5. The second-order valence-electron chi connectivity index (χ2n) is 6.23. The van der Waals surface area contributed by atoms with Crippen molar-refractivity contribution in [2.24, 2.45) is 0 Å². The second-order valence-corrected chi connectivity index (χ2v) is 7.94. The van der Waals surface area contributed by atoms with Crippen LogP contribution in [0.1, 0.15) is 43.4 Å². The molecule has 0 aromatic carbocycles. The molecule has 0 aliphatic rings. The second kappa shape index (κ2) is 5.77. The summed E-state index contributed by atoms with van der Waals surface area (Å²) >= 11 is 0. The fourth-order valence-corrected chi connectivity index (χ4v) is 3.72. The van der Waals surface area contributed by atoms with E-state index in [0.717, 1.165) is 11.3 Å². The van der Waals surface area contributed by atoms with Gasteiger partial charge in [-0.2, -0.15) is 5.10 Å². The number of rotatable bonds is 4. The van der Waals surface area contributed by atoms with Gasteiger partial charge in [0.15, 0.2) is 0 Å². The van der Waals surface area contributed by atoms with E-state index in [-0.39, 0.29) is 16.9 Å². The third-order valence-corrected chi connectivity index (χ3v) is 4.94. The number of aryl methyl sites for hydroxylation is 2. The van der Waals surface area contributed by atoms with E-state index < -0.39 is 10.0 Å². The molecule has 8 heteroatoms. The third kappa shape index (κ3) is 3.33. The third-order valence-electron chi connectivity index (χ3n) is 3.28. The fourth-order valence-electron chi connectivity index (χ4n) is 2.34. The van der Waals surface area contributed by atoms with Crippen LogP contribution in [-0.4, -0.2) is 28.6 Å². The molecule has 120 valence electrons. The molecular formula is C14H21N5O2S. The van der Waals surface area contributed by atoms with Crippen LogP contribution in [0, 0.1) is 13.8 Å². The molecule has 0 aliphatic carbocycles. The standard InChI is InChI=1S/C14H21N5O2S/c1-9-12(10(2)19-18-9)22(20,21)17-7-11-6-15-8-16-13(11)14(3,4)5/h6,8,17H,7H2,1-5H3,(H,18,19). The molecule has 7 nitrogen and oxygen atoms in total. The summed E-state index contributed by atoms with van der Waals surface area (Å²) in [5.74, 6) is 0. The highest BCUT2D eigenvalue weighted by Gasteiger charge is 2.24. The summed E-state index contributed by atoms with van der Waals surface area (Å²) < 4.78 is 27.5. The average molecular weight is 323 g/mol. The summed E-state index contributed by atoms with van der Waals surface area (Å²) in [5.41, 5.74) is 2.37. The van der Waals surface area contributed by atoms with E-state index in [1.165, 1.54) is 6.33 Å². The normalized spacial score (nSPS) is 12.6. The van der Waals surface area contributed by atoms with Gasteiger partial charge in [-0.15, -0.1) is 0 Å². The largest absolute Gasteiger partial charge is 0.281 e. The van der Waals surface area contributed by atoms with E-state index >= 15 is 0 Å². The number of aromatic amines is 1. The average Bonchev–Trinajstić information content (AvgIpc) is 2.76. The Bertz CT molecular complexity index is 755. The van der Waals surface area contributed by atoms with E-state index in [4.69, 9.17) is 0 Å². The lowest BCUT2D eigenvalue weighted by Crippen LogP contribution is -2.27. The molecule has 2 aromatic heterocycles. The molecular weight excluding hydrogens is 302 g/mol. The number of aromatic nitrogens is 4. The first-order chi connectivity index (χ1) is 10.1. The first-order valence-electron chi connectivity index (χ1n) is 6.93. The van der Waals surface area contributed by atoms with Crippen molar-refractivity contribution in [3.05, 3.63) is 35.2 Å². The molecule has 0 unspecified atom stereocenters. The number of nitrogens with zero attached hydrogens (tertiary/aromatic N) is 3. The van der Waals surface area contributed by atoms with Gasteiger partial charge in [0.2, 0.25) is 10.0 Å². The highest BCUT2D eigenvalue weighted by atomic mass is 32.2. The monoisotopic (exact) mass is 323 g/mol. The molecule has 0 saturated carbocycles. The molecule has 2 heterocycles. The Morgan fingerprint density at radius 1 is 1.27 bits per heavy atom. The Morgan fingerprint density at radius 2 is 1.95 bits per heavy atom. The molecule has 2 rings (SSSR count). The Hall–Kier alpha value is -1.80. The molecule has 0 amide bonds. The predicted octanol–water partition coefficient (Wildman–Crippen LogP) is 1.59. The summed E-state index contributed by atoms with van der Waals surface area (Å²) in [7, 11) is -3.64. The van der Waals surface area contributed by atoms with E-state index in [1.54, 1.807) is 20.0 Å². The van der Waals surface area contributed by atoms with E-state index in [2.05, 4.69) is 24.9 Å². The van der Waals surface area contributed by atoms with Crippen molar-refractivity contribution in [3.63, 3.8) is 0 Å². The molecule has 2 aromatic rings. The number of hydrogen-bond donors (Lipinski definition) is 2. The van der Waals surface area contributed by atoms with Crippen molar-refractivity contribution in [3.8, 4) is 0 Å². The van der Waals surface area contributed by atoms with Crippen molar-refractivity contribution < 1.29 is 8.42 Å². The molecule has 0 spiro atoms. The van der Waals surface area contributed by atoms with Crippen LogP contribution in [0.2, 0.25) is 0 Å². The maximum absolute atomic E-state index is 12.5. The summed E-state index contributed by atoms with van der Waals surface area (Å²) in [4.78, 5) is 8.47. The minimum absolute atomic E-state index is 0.139. The fraction of sp³-hybridized carbons (Fsp3) is 0.500. The van der Waals surface area contributed by atoms with Crippen molar-refractivity contribution in [2.45, 2.75) is 51.5 Å². The van der Waals surface area contributed by atoms with Crippen LogP contribution >= 0.6 is 0 Å². The number of H-pyrrole nitrogens is 1. The minimum Gasteiger partial charge on any atom is -0.281 e. The van der Waals surface area contributed by atoms with Gasteiger partial charge in [-0.1, -0.05) is 20.8 Å². The molecule has 0 atom stereocenters.